The number of ether oxygens (including phenoxy) is 4. The Bertz CT molecular complexity index is 896. The molecular formula is C20H20F8O6. The minimum Gasteiger partial charge on any atom is -0.455 e. The van der Waals surface area contributed by atoms with E-state index in [9.17, 15) is 35.9 Å². The van der Waals surface area contributed by atoms with Gasteiger partial charge in [0.1, 0.15) is 16.8 Å². The van der Waals surface area contributed by atoms with Gasteiger partial charge in [0.05, 0.1) is 0 Å². The van der Waals surface area contributed by atoms with E-state index in [2.05, 4.69) is 16.1 Å². The second-order valence-electron chi connectivity index (χ2n) is 9.37. The van der Waals surface area contributed by atoms with Crippen LogP contribution < -0.4 is 0 Å². The molecule has 0 N–H and O–H groups in total. The molecule has 0 radical (unpaired) electrons. The van der Waals surface area contributed by atoms with Gasteiger partial charge in [0.2, 0.25) is 0 Å². The Morgan fingerprint density at radius 3 is 1.97 bits per heavy atom. The summed E-state index contributed by atoms with van der Waals surface area (Å²) in [4.78, 5) is 23.5. The number of hydrogen-bond acceptors (Lipinski definition) is 6. The molecule has 5 fully saturated rings. The molecule has 4 aliphatic carbocycles. The molecule has 0 aromatic heterocycles. The smallest absolute Gasteiger partial charge is 0.455 e. The summed E-state index contributed by atoms with van der Waals surface area (Å²) in [5, 5.41) is 0. The van der Waals surface area contributed by atoms with Crippen molar-refractivity contribution in [3.05, 3.63) is 12.2 Å². The average molecular weight is 508 g/mol. The van der Waals surface area contributed by atoms with Gasteiger partial charge in [-0.3, -0.25) is 4.79 Å². The monoisotopic (exact) mass is 508 g/mol. The summed E-state index contributed by atoms with van der Waals surface area (Å²) in [5.74, 6) is -16.1. The first-order chi connectivity index (χ1) is 15.4. The van der Waals surface area contributed by atoms with Crippen molar-refractivity contribution >= 4 is 11.9 Å². The fraction of sp³-hybridized carbons (Fsp3) is 0.800. The van der Waals surface area contributed by atoms with Crippen LogP contribution in [0.2, 0.25) is 0 Å². The maximum atomic E-state index is 15.9. The highest BCUT2D eigenvalue weighted by Gasteiger charge is 2.87. The Hall–Kier alpha value is -1.96. The van der Waals surface area contributed by atoms with E-state index in [4.69, 9.17) is 9.47 Å². The molecule has 4 bridgehead atoms. The lowest BCUT2D eigenvalue weighted by molar-refractivity contribution is -0.519. The number of halogens is 8. The summed E-state index contributed by atoms with van der Waals surface area (Å²) in [7, 11) is 0. The van der Waals surface area contributed by atoms with Crippen molar-refractivity contribution in [3.63, 3.8) is 0 Å². The van der Waals surface area contributed by atoms with E-state index >= 15 is 8.78 Å². The molecule has 1 aliphatic heterocycles. The molecule has 14 heteroatoms. The van der Waals surface area contributed by atoms with Crippen LogP contribution >= 0.6 is 0 Å². The lowest BCUT2D eigenvalue weighted by Crippen LogP contribution is -2.82. The first-order valence-electron chi connectivity index (χ1n) is 10.3. The number of rotatable bonds is 3. The van der Waals surface area contributed by atoms with E-state index in [1.54, 1.807) is 0 Å². The van der Waals surface area contributed by atoms with Crippen LogP contribution in [-0.2, 0) is 28.5 Å². The van der Waals surface area contributed by atoms with Crippen LogP contribution in [-0.4, -0.2) is 54.0 Å². The summed E-state index contributed by atoms with van der Waals surface area (Å²) >= 11 is 0. The van der Waals surface area contributed by atoms with Crippen LogP contribution in [0.4, 0.5) is 35.1 Å². The van der Waals surface area contributed by atoms with Gasteiger partial charge in [0, 0.05) is 6.92 Å². The number of hydrogen-bond donors (Lipinski definition) is 0. The zero-order valence-electron chi connectivity index (χ0n) is 17.7. The Morgan fingerprint density at radius 2 is 1.50 bits per heavy atom. The standard InChI is InChI=1S/C20H20F8O6/c1-9(17(21,22)23)14(30)34-15-5-11-3-12(6-15)16(13(4-11)7-15)18(24,25)19(20(26,27)28,32-8-31-16)33-10(2)29/h11-13H,1,3-8H2,2H3. The van der Waals surface area contributed by atoms with Gasteiger partial charge in [-0.15, -0.1) is 0 Å². The fourth-order valence-electron chi connectivity index (χ4n) is 6.40. The quantitative estimate of drug-likeness (QED) is 0.319. The summed E-state index contributed by atoms with van der Waals surface area (Å²) in [6.07, 6.45) is -11.8. The zero-order chi connectivity index (χ0) is 25.5. The van der Waals surface area contributed by atoms with Crippen LogP contribution in [0.5, 0.6) is 0 Å². The molecule has 1 spiro atoms. The van der Waals surface area contributed by atoms with Crippen LogP contribution in [0.3, 0.4) is 0 Å². The van der Waals surface area contributed by atoms with Crippen molar-refractivity contribution in [2.75, 3.05) is 6.79 Å². The Labute approximate surface area is 187 Å². The van der Waals surface area contributed by atoms with E-state index in [-0.39, 0.29) is 19.3 Å². The van der Waals surface area contributed by atoms with Crippen LogP contribution in [0, 0.1) is 17.8 Å². The van der Waals surface area contributed by atoms with Crippen molar-refractivity contribution in [3.8, 4) is 0 Å². The fourth-order valence-corrected chi connectivity index (χ4v) is 6.40. The normalized spacial score (nSPS) is 40.8. The third kappa shape index (κ3) is 3.27. The van der Waals surface area contributed by atoms with Crippen LogP contribution in [0.1, 0.15) is 39.0 Å². The molecule has 5 rings (SSSR count). The van der Waals surface area contributed by atoms with E-state index in [0.717, 1.165) is 0 Å². The molecule has 1 saturated heterocycles. The van der Waals surface area contributed by atoms with Crippen LogP contribution in [0.25, 0.3) is 0 Å². The highest BCUT2D eigenvalue weighted by atomic mass is 19.4. The molecule has 0 aromatic rings. The Kier molecular flexibility index (Phi) is 5.38. The minimum atomic E-state index is -5.85. The molecule has 1 heterocycles. The highest BCUT2D eigenvalue weighted by Crippen LogP contribution is 2.70. The molecule has 192 valence electrons. The summed E-state index contributed by atoms with van der Waals surface area (Å²) in [5.41, 5.74) is -6.17. The molecule has 34 heavy (non-hydrogen) atoms. The predicted octanol–water partition coefficient (Wildman–Crippen LogP) is 4.43. The van der Waals surface area contributed by atoms with Crippen molar-refractivity contribution in [2.24, 2.45) is 17.8 Å². The third-order valence-corrected chi connectivity index (χ3v) is 7.37. The van der Waals surface area contributed by atoms with Gasteiger partial charge < -0.3 is 18.9 Å². The molecule has 0 amide bonds. The van der Waals surface area contributed by atoms with Crippen molar-refractivity contribution in [2.45, 2.75) is 74.3 Å². The van der Waals surface area contributed by atoms with Gasteiger partial charge in [0.15, 0.2) is 6.79 Å². The topological polar surface area (TPSA) is 71.1 Å². The summed E-state index contributed by atoms with van der Waals surface area (Å²) in [6.45, 7) is 1.93. The number of esters is 2. The van der Waals surface area contributed by atoms with Gasteiger partial charge in [-0.25, -0.2) is 4.79 Å². The summed E-state index contributed by atoms with van der Waals surface area (Å²) < 4.78 is 131. The number of alkyl halides is 8. The second-order valence-corrected chi connectivity index (χ2v) is 9.37. The van der Waals surface area contributed by atoms with Crippen LogP contribution in [0.15, 0.2) is 12.2 Å². The maximum absolute atomic E-state index is 15.9. The first-order valence-corrected chi connectivity index (χ1v) is 10.3. The zero-order valence-corrected chi connectivity index (χ0v) is 17.7. The van der Waals surface area contributed by atoms with Gasteiger partial charge in [-0.2, -0.15) is 35.1 Å². The molecule has 3 atom stereocenters. The molecule has 5 aliphatic rings. The molecule has 0 aromatic carbocycles. The number of carbonyl (C=O) groups is 2. The van der Waals surface area contributed by atoms with Gasteiger partial charge >= 0.3 is 36.0 Å². The predicted molar refractivity (Wildman–Crippen MR) is 92.8 cm³/mol. The average Bonchev–Trinajstić information content (AvgIpc) is 2.64. The Balaban J connectivity index is 1.72. The Morgan fingerprint density at radius 1 is 0.941 bits per heavy atom. The molecule has 6 nitrogen and oxygen atoms in total. The molecule has 3 unspecified atom stereocenters. The SMILES string of the molecule is C=C(C(=O)OC12CC3CC(C1)C1(OCOC(OC(C)=O)(C(F)(F)F)C1(F)F)C(C3)C2)C(F)(F)F. The van der Waals surface area contributed by atoms with Gasteiger partial charge in [-0.05, 0) is 49.9 Å². The first kappa shape index (κ1) is 25.1. The lowest BCUT2D eigenvalue weighted by atomic mass is 9.46. The third-order valence-electron chi connectivity index (χ3n) is 7.37. The number of carbonyl (C=O) groups excluding carboxylic acids is 2. The van der Waals surface area contributed by atoms with Gasteiger partial charge in [-0.1, -0.05) is 6.58 Å². The highest BCUT2D eigenvalue weighted by molar-refractivity contribution is 5.89. The van der Waals surface area contributed by atoms with Crippen molar-refractivity contribution in [1.82, 2.24) is 0 Å². The van der Waals surface area contributed by atoms with E-state index < -0.39 is 90.2 Å². The maximum Gasteiger partial charge on any atom is 0.462 e. The van der Waals surface area contributed by atoms with E-state index in [1.807, 2.05) is 0 Å². The largest absolute Gasteiger partial charge is 0.462 e. The van der Waals surface area contributed by atoms with E-state index in [0.29, 0.717) is 6.92 Å². The minimum absolute atomic E-state index is 0.0420. The van der Waals surface area contributed by atoms with E-state index in [1.165, 1.54) is 0 Å². The lowest BCUT2D eigenvalue weighted by Gasteiger charge is -2.67. The second kappa shape index (κ2) is 7.28. The molecule has 4 saturated carbocycles. The van der Waals surface area contributed by atoms with Crippen molar-refractivity contribution < 1.29 is 63.7 Å². The van der Waals surface area contributed by atoms with Gasteiger partial charge in [0.25, 0.3) is 0 Å². The molecular weight excluding hydrogens is 488 g/mol. The van der Waals surface area contributed by atoms with Crippen molar-refractivity contribution in [1.29, 1.82) is 0 Å². The summed E-state index contributed by atoms with van der Waals surface area (Å²) in [6, 6.07) is 0.